The molecule has 0 atom stereocenters. The van der Waals surface area contributed by atoms with Crippen LogP contribution in [0, 0.1) is 0 Å². The second-order valence-corrected chi connectivity index (χ2v) is 3.43. The number of thiazole rings is 1. The molecule has 1 aromatic heterocycles. The van der Waals surface area contributed by atoms with E-state index in [9.17, 15) is 4.79 Å². The first-order valence-corrected chi connectivity index (χ1v) is 5.93. The minimum atomic E-state index is -0.325. The van der Waals surface area contributed by atoms with Gasteiger partial charge in [-0.15, -0.1) is 0 Å². The Bertz CT molecular complexity index is 310. The van der Waals surface area contributed by atoms with Crippen LogP contribution in [0.3, 0.4) is 0 Å². The van der Waals surface area contributed by atoms with Gasteiger partial charge in [0, 0.05) is 0 Å². The van der Waals surface area contributed by atoms with Gasteiger partial charge in [-0.05, 0) is 13.3 Å². The van der Waals surface area contributed by atoms with Crippen molar-refractivity contribution >= 4 is 22.4 Å². The van der Waals surface area contributed by atoms with Gasteiger partial charge in [0.15, 0.2) is 5.13 Å². The van der Waals surface area contributed by atoms with Crippen molar-refractivity contribution < 1.29 is 9.53 Å². The molecule has 0 aliphatic heterocycles. The molecule has 0 amide bonds. The SMILES string of the molecule is CC.CCOC(=O)c1sc(N)nc1CC. The fraction of sp³-hybridized carbons (Fsp3) is 0.600. The number of aromatic nitrogens is 1. The number of ether oxygens (including phenoxy) is 1. The Morgan fingerprint density at radius 1 is 1.47 bits per heavy atom. The van der Waals surface area contributed by atoms with Gasteiger partial charge in [-0.1, -0.05) is 32.1 Å². The van der Waals surface area contributed by atoms with E-state index in [1.54, 1.807) is 6.92 Å². The molecule has 1 aromatic rings. The third kappa shape index (κ3) is 3.87. The lowest BCUT2D eigenvalue weighted by Gasteiger charge is -1.98. The third-order valence-electron chi connectivity index (χ3n) is 1.51. The summed E-state index contributed by atoms with van der Waals surface area (Å²) in [5.41, 5.74) is 6.21. The Balaban J connectivity index is 0.000000921. The summed E-state index contributed by atoms with van der Waals surface area (Å²) in [5, 5.41) is 0.417. The minimum absolute atomic E-state index is 0.325. The number of carbonyl (C=O) groups excluding carboxylic acids is 1. The zero-order chi connectivity index (χ0) is 11.8. The van der Waals surface area contributed by atoms with Crippen molar-refractivity contribution in [3.8, 4) is 0 Å². The number of carbonyl (C=O) groups is 1. The molecule has 5 heteroatoms. The maximum absolute atomic E-state index is 11.3. The maximum atomic E-state index is 11.3. The smallest absolute Gasteiger partial charge is 0.350 e. The van der Waals surface area contributed by atoms with Gasteiger partial charge in [-0.2, -0.15) is 0 Å². The normalized spacial score (nSPS) is 9.07. The molecule has 0 aliphatic rings. The van der Waals surface area contributed by atoms with Gasteiger partial charge in [-0.3, -0.25) is 0 Å². The molecule has 2 N–H and O–H groups in total. The van der Waals surface area contributed by atoms with Gasteiger partial charge in [0.25, 0.3) is 0 Å². The molecular weight excluding hydrogens is 212 g/mol. The molecular formula is C10H18N2O2S. The van der Waals surface area contributed by atoms with E-state index in [0.29, 0.717) is 23.0 Å². The highest BCUT2D eigenvalue weighted by molar-refractivity contribution is 7.17. The number of anilines is 1. The van der Waals surface area contributed by atoms with E-state index >= 15 is 0 Å². The van der Waals surface area contributed by atoms with E-state index in [-0.39, 0.29) is 5.97 Å². The van der Waals surface area contributed by atoms with Gasteiger partial charge in [0.05, 0.1) is 12.3 Å². The average Bonchev–Trinajstić information content (AvgIpc) is 2.63. The van der Waals surface area contributed by atoms with Gasteiger partial charge >= 0.3 is 5.97 Å². The predicted molar refractivity (Wildman–Crippen MR) is 63.2 cm³/mol. The lowest BCUT2D eigenvalue weighted by molar-refractivity contribution is 0.0530. The minimum Gasteiger partial charge on any atom is -0.462 e. The van der Waals surface area contributed by atoms with Crippen molar-refractivity contribution in [3.63, 3.8) is 0 Å². The number of esters is 1. The van der Waals surface area contributed by atoms with Crippen LogP contribution in [0.4, 0.5) is 5.13 Å². The summed E-state index contributed by atoms with van der Waals surface area (Å²) >= 11 is 1.18. The molecule has 1 heterocycles. The number of nitrogens with zero attached hydrogens (tertiary/aromatic N) is 1. The number of aryl methyl sites for hydroxylation is 1. The number of nitrogen functional groups attached to an aromatic ring is 1. The fourth-order valence-electron chi connectivity index (χ4n) is 0.966. The van der Waals surface area contributed by atoms with Crippen molar-refractivity contribution in [2.24, 2.45) is 0 Å². The van der Waals surface area contributed by atoms with Gasteiger partial charge < -0.3 is 10.5 Å². The van der Waals surface area contributed by atoms with E-state index < -0.39 is 0 Å². The van der Waals surface area contributed by atoms with E-state index in [2.05, 4.69) is 4.98 Å². The average molecular weight is 230 g/mol. The van der Waals surface area contributed by atoms with E-state index in [1.807, 2.05) is 20.8 Å². The standard InChI is InChI=1S/C8H12N2O2S.C2H6/c1-3-5-6(7(11)12-4-2)13-8(9)10-5;1-2/h3-4H2,1-2H3,(H2,9,10);1-2H3. The zero-order valence-electron chi connectivity index (χ0n) is 9.66. The topological polar surface area (TPSA) is 65.2 Å². The highest BCUT2D eigenvalue weighted by Crippen LogP contribution is 2.21. The summed E-state index contributed by atoms with van der Waals surface area (Å²) < 4.78 is 4.86. The van der Waals surface area contributed by atoms with Crippen LogP contribution < -0.4 is 5.73 Å². The summed E-state index contributed by atoms with van der Waals surface area (Å²) in [6.45, 7) is 8.07. The summed E-state index contributed by atoms with van der Waals surface area (Å²) in [6.07, 6.45) is 0.696. The number of hydrogen-bond acceptors (Lipinski definition) is 5. The van der Waals surface area contributed by atoms with Gasteiger partial charge in [0.2, 0.25) is 0 Å². The first kappa shape index (κ1) is 13.9. The second kappa shape index (κ2) is 7.23. The molecule has 15 heavy (non-hydrogen) atoms. The highest BCUT2D eigenvalue weighted by Gasteiger charge is 2.16. The lowest BCUT2D eigenvalue weighted by atomic mass is 10.3. The molecule has 0 spiro atoms. The van der Waals surface area contributed by atoms with Crippen LogP contribution in [0.15, 0.2) is 0 Å². The van der Waals surface area contributed by atoms with Crippen LogP contribution in [0.25, 0.3) is 0 Å². The van der Waals surface area contributed by atoms with Gasteiger partial charge in [-0.25, -0.2) is 9.78 Å². The van der Waals surface area contributed by atoms with Crippen molar-refractivity contribution in [1.29, 1.82) is 0 Å². The van der Waals surface area contributed by atoms with Crippen molar-refractivity contribution in [2.45, 2.75) is 34.1 Å². The Morgan fingerprint density at radius 2 is 2.07 bits per heavy atom. The molecule has 0 aromatic carbocycles. The number of hydrogen-bond donors (Lipinski definition) is 1. The summed E-state index contributed by atoms with van der Waals surface area (Å²) in [6, 6.07) is 0. The molecule has 0 fully saturated rings. The molecule has 0 saturated heterocycles. The second-order valence-electron chi connectivity index (χ2n) is 2.40. The fourth-order valence-corrected chi connectivity index (χ4v) is 1.78. The zero-order valence-corrected chi connectivity index (χ0v) is 10.5. The van der Waals surface area contributed by atoms with Crippen molar-refractivity contribution in [3.05, 3.63) is 10.6 Å². The Morgan fingerprint density at radius 3 is 2.53 bits per heavy atom. The Hall–Kier alpha value is -1.10. The molecule has 0 unspecified atom stereocenters. The molecule has 86 valence electrons. The first-order chi connectivity index (χ1) is 7.19. The maximum Gasteiger partial charge on any atom is 0.350 e. The van der Waals surface area contributed by atoms with E-state index in [4.69, 9.17) is 10.5 Å². The van der Waals surface area contributed by atoms with Crippen LogP contribution in [0.2, 0.25) is 0 Å². The van der Waals surface area contributed by atoms with Crippen LogP contribution in [0.1, 0.15) is 43.1 Å². The lowest BCUT2D eigenvalue weighted by Crippen LogP contribution is -2.05. The van der Waals surface area contributed by atoms with Crippen molar-refractivity contribution in [1.82, 2.24) is 4.98 Å². The molecule has 1 rings (SSSR count). The largest absolute Gasteiger partial charge is 0.462 e. The molecule has 0 aliphatic carbocycles. The first-order valence-electron chi connectivity index (χ1n) is 5.11. The molecule has 0 bridgehead atoms. The summed E-state index contributed by atoms with van der Waals surface area (Å²) in [5.74, 6) is -0.325. The molecule has 4 nitrogen and oxygen atoms in total. The molecule has 0 radical (unpaired) electrons. The third-order valence-corrected chi connectivity index (χ3v) is 2.42. The molecule has 0 saturated carbocycles. The van der Waals surface area contributed by atoms with E-state index in [1.165, 1.54) is 11.3 Å². The Kier molecular flexibility index (Phi) is 6.70. The summed E-state index contributed by atoms with van der Waals surface area (Å²) in [7, 11) is 0. The quantitative estimate of drug-likeness (QED) is 0.810. The van der Waals surface area contributed by atoms with Gasteiger partial charge in [0.1, 0.15) is 4.88 Å². The van der Waals surface area contributed by atoms with Crippen LogP contribution in [-0.4, -0.2) is 17.6 Å². The summed E-state index contributed by atoms with van der Waals surface area (Å²) in [4.78, 5) is 15.9. The Labute approximate surface area is 94.5 Å². The van der Waals surface area contributed by atoms with Crippen molar-refractivity contribution in [2.75, 3.05) is 12.3 Å². The van der Waals surface area contributed by atoms with Crippen LogP contribution in [0.5, 0.6) is 0 Å². The van der Waals surface area contributed by atoms with Crippen LogP contribution >= 0.6 is 11.3 Å². The van der Waals surface area contributed by atoms with Crippen LogP contribution in [-0.2, 0) is 11.2 Å². The van der Waals surface area contributed by atoms with E-state index in [0.717, 1.165) is 5.69 Å². The highest BCUT2D eigenvalue weighted by atomic mass is 32.1. The monoisotopic (exact) mass is 230 g/mol. The number of nitrogens with two attached hydrogens (primary N) is 1. The number of rotatable bonds is 3. The predicted octanol–water partition coefficient (Wildman–Crippen LogP) is 2.49.